The number of hydrogen-bond acceptors (Lipinski definition) is 3. The van der Waals surface area contributed by atoms with Crippen LogP contribution in [-0.2, 0) is 16.0 Å². The summed E-state index contributed by atoms with van der Waals surface area (Å²) >= 11 is 0. The molecule has 0 heterocycles. The van der Waals surface area contributed by atoms with E-state index in [2.05, 4.69) is 5.32 Å². The maximum Gasteiger partial charge on any atom is 0.288 e. The number of benzene rings is 1. The Morgan fingerprint density at radius 1 is 1.33 bits per heavy atom. The standard InChI is InChI=1S/C11H14N2O2/c1-13-11(15)10(14)9(12)7-8-5-3-2-4-6-8/h2-6,9H,7,12H2,1H3,(H,13,15). The molecule has 15 heavy (non-hydrogen) atoms. The highest BCUT2D eigenvalue weighted by atomic mass is 16.2. The first kappa shape index (κ1) is 11.4. The first-order chi connectivity index (χ1) is 7.15. The third-order valence-corrected chi connectivity index (χ3v) is 2.09. The van der Waals surface area contributed by atoms with Gasteiger partial charge in [-0.15, -0.1) is 0 Å². The molecule has 1 aromatic rings. The average Bonchev–Trinajstić information content (AvgIpc) is 2.28. The zero-order valence-corrected chi connectivity index (χ0v) is 8.57. The Balaban J connectivity index is 2.60. The van der Waals surface area contributed by atoms with E-state index >= 15 is 0 Å². The lowest BCUT2D eigenvalue weighted by molar-refractivity contribution is -0.138. The average molecular weight is 206 g/mol. The smallest absolute Gasteiger partial charge is 0.288 e. The zero-order chi connectivity index (χ0) is 11.3. The minimum atomic E-state index is -0.771. The van der Waals surface area contributed by atoms with Crippen LogP contribution in [0.3, 0.4) is 0 Å². The van der Waals surface area contributed by atoms with E-state index in [1.54, 1.807) is 0 Å². The fourth-order valence-electron chi connectivity index (χ4n) is 1.25. The molecule has 1 atom stereocenters. The van der Waals surface area contributed by atoms with Crippen molar-refractivity contribution in [1.82, 2.24) is 5.32 Å². The minimum Gasteiger partial charge on any atom is -0.353 e. The number of Topliss-reactive ketones (excluding diaryl/α,β-unsaturated/α-hetero) is 1. The topological polar surface area (TPSA) is 72.2 Å². The van der Waals surface area contributed by atoms with Gasteiger partial charge in [-0.3, -0.25) is 9.59 Å². The molecule has 1 aromatic carbocycles. The molecule has 4 heteroatoms. The summed E-state index contributed by atoms with van der Waals surface area (Å²) in [4.78, 5) is 22.3. The SMILES string of the molecule is CNC(=O)C(=O)C(N)Cc1ccccc1. The van der Waals surface area contributed by atoms with Crippen LogP contribution in [0.15, 0.2) is 30.3 Å². The van der Waals surface area contributed by atoms with Gasteiger partial charge in [0.1, 0.15) is 0 Å². The number of nitrogens with two attached hydrogens (primary N) is 1. The van der Waals surface area contributed by atoms with Gasteiger partial charge in [-0.1, -0.05) is 30.3 Å². The predicted octanol–water partition coefficient (Wildman–Crippen LogP) is -0.128. The highest BCUT2D eigenvalue weighted by Gasteiger charge is 2.20. The van der Waals surface area contributed by atoms with E-state index in [0.29, 0.717) is 6.42 Å². The number of likely N-dealkylation sites (N-methyl/N-ethyl adjacent to an activating group) is 1. The molecular formula is C11H14N2O2. The van der Waals surface area contributed by atoms with Gasteiger partial charge in [0.25, 0.3) is 5.91 Å². The second kappa shape index (κ2) is 5.26. The second-order valence-electron chi connectivity index (χ2n) is 3.24. The molecule has 0 aliphatic rings. The third-order valence-electron chi connectivity index (χ3n) is 2.09. The predicted molar refractivity (Wildman–Crippen MR) is 57.2 cm³/mol. The number of ketones is 1. The van der Waals surface area contributed by atoms with Gasteiger partial charge in [-0.05, 0) is 12.0 Å². The number of carbonyl (C=O) groups excluding carboxylic acids is 2. The van der Waals surface area contributed by atoms with Crippen LogP contribution in [0.5, 0.6) is 0 Å². The summed E-state index contributed by atoms with van der Waals surface area (Å²) in [7, 11) is 1.41. The van der Waals surface area contributed by atoms with Gasteiger partial charge in [0, 0.05) is 7.05 Å². The van der Waals surface area contributed by atoms with Crippen molar-refractivity contribution in [3.8, 4) is 0 Å². The molecule has 0 saturated heterocycles. The van der Waals surface area contributed by atoms with Crippen LogP contribution in [0, 0.1) is 0 Å². The van der Waals surface area contributed by atoms with Crippen LogP contribution >= 0.6 is 0 Å². The van der Waals surface area contributed by atoms with Gasteiger partial charge in [0.05, 0.1) is 6.04 Å². The van der Waals surface area contributed by atoms with Crippen molar-refractivity contribution in [1.29, 1.82) is 0 Å². The molecule has 1 rings (SSSR count). The molecule has 0 aliphatic carbocycles. The Labute approximate surface area is 88.5 Å². The molecule has 0 saturated carbocycles. The summed E-state index contributed by atoms with van der Waals surface area (Å²) in [5, 5.41) is 2.26. The Bertz CT molecular complexity index is 349. The van der Waals surface area contributed by atoms with E-state index in [4.69, 9.17) is 5.73 Å². The minimum absolute atomic E-state index is 0.382. The first-order valence-corrected chi connectivity index (χ1v) is 4.70. The Hall–Kier alpha value is -1.68. The Morgan fingerprint density at radius 2 is 1.93 bits per heavy atom. The van der Waals surface area contributed by atoms with Gasteiger partial charge >= 0.3 is 0 Å². The zero-order valence-electron chi connectivity index (χ0n) is 8.57. The van der Waals surface area contributed by atoms with Crippen molar-refractivity contribution < 1.29 is 9.59 Å². The fraction of sp³-hybridized carbons (Fsp3) is 0.273. The van der Waals surface area contributed by atoms with Crippen molar-refractivity contribution in [3.63, 3.8) is 0 Å². The van der Waals surface area contributed by atoms with E-state index in [1.165, 1.54) is 7.05 Å². The molecule has 0 bridgehead atoms. The second-order valence-corrected chi connectivity index (χ2v) is 3.24. The lowest BCUT2D eigenvalue weighted by Crippen LogP contribution is -2.42. The molecule has 0 radical (unpaired) electrons. The molecular weight excluding hydrogens is 192 g/mol. The van der Waals surface area contributed by atoms with Crippen molar-refractivity contribution in [3.05, 3.63) is 35.9 Å². The van der Waals surface area contributed by atoms with Gasteiger partial charge in [-0.25, -0.2) is 0 Å². The van der Waals surface area contributed by atoms with E-state index < -0.39 is 17.7 Å². The largest absolute Gasteiger partial charge is 0.353 e. The molecule has 4 nitrogen and oxygen atoms in total. The van der Waals surface area contributed by atoms with Crippen LogP contribution in [-0.4, -0.2) is 24.8 Å². The fourth-order valence-corrected chi connectivity index (χ4v) is 1.25. The van der Waals surface area contributed by atoms with E-state index in [1.807, 2.05) is 30.3 Å². The Morgan fingerprint density at radius 3 is 2.47 bits per heavy atom. The van der Waals surface area contributed by atoms with Crippen LogP contribution in [0.2, 0.25) is 0 Å². The summed E-state index contributed by atoms with van der Waals surface area (Å²) in [5.41, 5.74) is 6.56. The van der Waals surface area contributed by atoms with Crippen molar-refractivity contribution >= 4 is 11.7 Å². The van der Waals surface area contributed by atoms with Crippen molar-refractivity contribution in [2.45, 2.75) is 12.5 Å². The molecule has 3 N–H and O–H groups in total. The first-order valence-electron chi connectivity index (χ1n) is 4.70. The number of carbonyl (C=O) groups is 2. The van der Waals surface area contributed by atoms with Crippen molar-refractivity contribution in [2.75, 3.05) is 7.05 Å². The number of hydrogen-bond donors (Lipinski definition) is 2. The highest BCUT2D eigenvalue weighted by Crippen LogP contribution is 2.02. The summed E-state index contributed by atoms with van der Waals surface area (Å²) in [6, 6.07) is 8.59. The normalized spacial score (nSPS) is 11.9. The van der Waals surface area contributed by atoms with Crippen LogP contribution in [0.1, 0.15) is 5.56 Å². The molecule has 1 unspecified atom stereocenters. The number of amides is 1. The molecule has 0 spiro atoms. The van der Waals surface area contributed by atoms with Crippen LogP contribution in [0.4, 0.5) is 0 Å². The lowest BCUT2D eigenvalue weighted by Gasteiger charge is -2.08. The lowest BCUT2D eigenvalue weighted by atomic mass is 10.0. The quantitative estimate of drug-likeness (QED) is 0.674. The van der Waals surface area contributed by atoms with Gasteiger partial charge < -0.3 is 11.1 Å². The monoisotopic (exact) mass is 206 g/mol. The molecule has 80 valence electrons. The van der Waals surface area contributed by atoms with Gasteiger partial charge in [-0.2, -0.15) is 0 Å². The highest BCUT2D eigenvalue weighted by molar-refractivity contribution is 6.38. The maximum atomic E-state index is 11.3. The van der Waals surface area contributed by atoms with E-state index in [0.717, 1.165) is 5.56 Å². The third kappa shape index (κ3) is 3.18. The van der Waals surface area contributed by atoms with Crippen LogP contribution < -0.4 is 11.1 Å². The van der Waals surface area contributed by atoms with Crippen molar-refractivity contribution in [2.24, 2.45) is 5.73 Å². The molecule has 0 aliphatic heterocycles. The van der Waals surface area contributed by atoms with Gasteiger partial charge in [0.2, 0.25) is 5.78 Å². The van der Waals surface area contributed by atoms with E-state index in [9.17, 15) is 9.59 Å². The number of rotatable bonds is 4. The molecule has 0 aromatic heterocycles. The Kier molecular flexibility index (Phi) is 4.00. The summed E-state index contributed by atoms with van der Waals surface area (Å²) in [6.45, 7) is 0. The van der Waals surface area contributed by atoms with Crippen LogP contribution in [0.25, 0.3) is 0 Å². The summed E-state index contributed by atoms with van der Waals surface area (Å²) < 4.78 is 0. The number of nitrogens with one attached hydrogen (secondary N) is 1. The van der Waals surface area contributed by atoms with Gasteiger partial charge in [0.15, 0.2) is 0 Å². The molecule has 0 fully saturated rings. The molecule has 1 amide bonds. The van der Waals surface area contributed by atoms with E-state index in [-0.39, 0.29) is 0 Å². The maximum absolute atomic E-state index is 11.3. The summed E-state index contributed by atoms with van der Waals surface area (Å²) in [5.74, 6) is -1.22. The summed E-state index contributed by atoms with van der Waals surface area (Å²) in [6.07, 6.45) is 0.382.